The van der Waals surface area contributed by atoms with Gasteiger partial charge in [-0.1, -0.05) is 47.1 Å². The van der Waals surface area contributed by atoms with Crippen LogP contribution in [0, 0.1) is 13.8 Å². The second-order valence-corrected chi connectivity index (χ2v) is 7.40. The quantitative estimate of drug-likeness (QED) is 0.764. The third-order valence-electron chi connectivity index (χ3n) is 3.77. The first kappa shape index (κ1) is 16.7. The highest BCUT2D eigenvalue weighted by Crippen LogP contribution is 2.38. The molecule has 0 bridgehead atoms. The second-order valence-electron chi connectivity index (χ2n) is 5.47. The molecule has 0 spiro atoms. The van der Waals surface area contributed by atoms with E-state index in [1.807, 2.05) is 19.1 Å². The highest BCUT2D eigenvalue weighted by molar-refractivity contribution is 7.89. The standard InChI is InChI=1S/C17H15ClN2O3S/c1-10-7-8-12(9-14(10)18)17-16(11(2)23-20-17)13-5-3-4-6-15(13)24(19,21)22/h3-9H,1-2H3,(H2,19,21,22). The molecule has 1 heterocycles. The summed E-state index contributed by atoms with van der Waals surface area (Å²) >= 11 is 6.20. The summed E-state index contributed by atoms with van der Waals surface area (Å²) < 4.78 is 29.1. The number of halogens is 1. The van der Waals surface area contributed by atoms with Crippen LogP contribution in [0.4, 0.5) is 0 Å². The van der Waals surface area contributed by atoms with Gasteiger partial charge in [0.05, 0.1) is 10.5 Å². The number of rotatable bonds is 3. The van der Waals surface area contributed by atoms with Gasteiger partial charge in [0.15, 0.2) is 0 Å². The third kappa shape index (κ3) is 2.96. The van der Waals surface area contributed by atoms with E-state index < -0.39 is 10.0 Å². The fourth-order valence-corrected chi connectivity index (χ4v) is 3.47. The van der Waals surface area contributed by atoms with Crippen LogP contribution < -0.4 is 5.14 Å². The zero-order valence-electron chi connectivity index (χ0n) is 13.1. The van der Waals surface area contributed by atoms with Crippen molar-refractivity contribution in [1.82, 2.24) is 5.16 Å². The van der Waals surface area contributed by atoms with E-state index in [1.165, 1.54) is 6.07 Å². The SMILES string of the molecule is Cc1ccc(-c2noc(C)c2-c2ccccc2S(N)(=O)=O)cc1Cl. The van der Waals surface area contributed by atoms with Crippen LogP contribution in [0.5, 0.6) is 0 Å². The van der Waals surface area contributed by atoms with Crippen molar-refractivity contribution in [2.75, 3.05) is 0 Å². The predicted octanol–water partition coefficient (Wildman–Crippen LogP) is 3.93. The Morgan fingerprint density at radius 1 is 1.12 bits per heavy atom. The average Bonchev–Trinajstić information content (AvgIpc) is 2.91. The van der Waals surface area contributed by atoms with E-state index in [1.54, 1.807) is 31.2 Å². The molecule has 5 nitrogen and oxygen atoms in total. The Morgan fingerprint density at radius 2 is 1.83 bits per heavy atom. The van der Waals surface area contributed by atoms with Gasteiger partial charge in [0.2, 0.25) is 10.0 Å². The minimum Gasteiger partial charge on any atom is -0.360 e. The number of sulfonamides is 1. The van der Waals surface area contributed by atoms with Crippen LogP contribution in [0.25, 0.3) is 22.4 Å². The number of primary sulfonamides is 1. The van der Waals surface area contributed by atoms with Gasteiger partial charge in [-0.2, -0.15) is 0 Å². The molecule has 24 heavy (non-hydrogen) atoms. The lowest BCUT2D eigenvalue weighted by Crippen LogP contribution is -2.13. The fourth-order valence-electron chi connectivity index (χ4n) is 2.55. The second kappa shape index (κ2) is 6.05. The van der Waals surface area contributed by atoms with E-state index in [0.717, 1.165) is 11.1 Å². The average molecular weight is 363 g/mol. The zero-order valence-corrected chi connectivity index (χ0v) is 14.6. The van der Waals surface area contributed by atoms with Crippen LogP contribution in [0.1, 0.15) is 11.3 Å². The molecule has 3 aromatic rings. The van der Waals surface area contributed by atoms with Gasteiger partial charge in [-0.25, -0.2) is 13.6 Å². The number of nitrogens with two attached hydrogens (primary N) is 1. The molecule has 0 saturated carbocycles. The van der Waals surface area contributed by atoms with Crippen molar-refractivity contribution in [3.05, 3.63) is 58.8 Å². The van der Waals surface area contributed by atoms with E-state index in [-0.39, 0.29) is 4.90 Å². The van der Waals surface area contributed by atoms with Gasteiger partial charge in [-0.15, -0.1) is 0 Å². The van der Waals surface area contributed by atoms with Crippen LogP contribution in [-0.2, 0) is 10.0 Å². The lowest BCUT2D eigenvalue weighted by Gasteiger charge is -2.09. The van der Waals surface area contributed by atoms with Crippen molar-refractivity contribution in [3.63, 3.8) is 0 Å². The molecule has 2 N–H and O–H groups in total. The monoisotopic (exact) mass is 362 g/mol. The highest BCUT2D eigenvalue weighted by atomic mass is 35.5. The van der Waals surface area contributed by atoms with Gasteiger partial charge in [-0.3, -0.25) is 0 Å². The number of nitrogens with zero attached hydrogens (tertiary/aromatic N) is 1. The minimum atomic E-state index is -3.89. The summed E-state index contributed by atoms with van der Waals surface area (Å²) in [6.07, 6.45) is 0. The van der Waals surface area contributed by atoms with Crippen molar-refractivity contribution in [2.24, 2.45) is 5.14 Å². The molecule has 7 heteroatoms. The Bertz CT molecular complexity index is 1030. The first-order chi connectivity index (χ1) is 11.3. The largest absolute Gasteiger partial charge is 0.360 e. The Balaban J connectivity index is 2.29. The lowest BCUT2D eigenvalue weighted by atomic mass is 9.99. The van der Waals surface area contributed by atoms with Gasteiger partial charge < -0.3 is 4.52 Å². The Morgan fingerprint density at radius 3 is 2.50 bits per heavy atom. The van der Waals surface area contributed by atoms with Crippen molar-refractivity contribution in [3.8, 4) is 22.4 Å². The highest BCUT2D eigenvalue weighted by Gasteiger charge is 2.23. The molecule has 0 fully saturated rings. The van der Waals surface area contributed by atoms with Crippen molar-refractivity contribution in [2.45, 2.75) is 18.7 Å². The van der Waals surface area contributed by atoms with Gasteiger partial charge in [0.25, 0.3) is 0 Å². The summed E-state index contributed by atoms with van der Waals surface area (Å²) in [4.78, 5) is 0.0239. The molecule has 0 saturated heterocycles. The number of hydrogen-bond donors (Lipinski definition) is 1. The molecule has 2 aromatic carbocycles. The number of aryl methyl sites for hydroxylation is 2. The molecule has 0 aliphatic heterocycles. The summed E-state index contributed by atoms with van der Waals surface area (Å²) in [6, 6.07) is 12.0. The Kier molecular flexibility index (Phi) is 4.21. The molecule has 0 amide bonds. The normalized spacial score (nSPS) is 11.7. The first-order valence-corrected chi connectivity index (χ1v) is 9.06. The lowest BCUT2D eigenvalue weighted by molar-refractivity contribution is 0.400. The zero-order chi connectivity index (χ0) is 17.5. The molecule has 0 atom stereocenters. The minimum absolute atomic E-state index is 0.0239. The summed E-state index contributed by atoms with van der Waals surface area (Å²) in [6.45, 7) is 3.62. The molecule has 0 unspecified atom stereocenters. The maximum atomic E-state index is 11.9. The molecule has 3 rings (SSSR count). The molecule has 124 valence electrons. The van der Waals surface area contributed by atoms with Crippen LogP contribution in [0.15, 0.2) is 51.9 Å². The van der Waals surface area contributed by atoms with Crippen LogP contribution in [0.2, 0.25) is 5.02 Å². The van der Waals surface area contributed by atoms with Gasteiger partial charge in [0.1, 0.15) is 11.5 Å². The van der Waals surface area contributed by atoms with E-state index in [4.69, 9.17) is 21.3 Å². The van der Waals surface area contributed by atoms with E-state index in [2.05, 4.69) is 5.16 Å². The summed E-state index contributed by atoms with van der Waals surface area (Å²) in [5.41, 5.74) is 3.23. The summed E-state index contributed by atoms with van der Waals surface area (Å²) in [5.74, 6) is 0.498. The number of aromatic nitrogens is 1. The number of hydrogen-bond acceptors (Lipinski definition) is 4. The van der Waals surface area contributed by atoms with E-state index >= 15 is 0 Å². The molecule has 0 aliphatic carbocycles. The molecule has 0 aliphatic rings. The third-order valence-corrected chi connectivity index (χ3v) is 5.15. The van der Waals surface area contributed by atoms with E-state index in [0.29, 0.717) is 27.6 Å². The van der Waals surface area contributed by atoms with Gasteiger partial charge in [-0.05, 0) is 31.5 Å². The van der Waals surface area contributed by atoms with E-state index in [9.17, 15) is 8.42 Å². The Hall–Kier alpha value is -2.15. The molecular weight excluding hydrogens is 348 g/mol. The van der Waals surface area contributed by atoms with Crippen LogP contribution >= 0.6 is 11.6 Å². The maximum Gasteiger partial charge on any atom is 0.238 e. The fraction of sp³-hybridized carbons (Fsp3) is 0.118. The molecule has 1 aromatic heterocycles. The topological polar surface area (TPSA) is 86.2 Å². The first-order valence-electron chi connectivity index (χ1n) is 7.14. The van der Waals surface area contributed by atoms with Crippen LogP contribution in [0.3, 0.4) is 0 Å². The summed E-state index contributed by atoms with van der Waals surface area (Å²) in [7, 11) is -3.89. The Labute approximate surface area is 145 Å². The molecule has 0 radical (unpaired) electrons. The smallest absolute Gasteiger partial charge is 0.238 e. The number of benzene rings is 2. The maximum absolute atomic E-state index is 11.9. The van der Waals surface area contributed by atoms with Gasteiger partial charge >= 0.3 is 0 Å². The van der Waals surface area contributed by atoms with Crippen molar-refractivity contribution in [1.29, 1.82) is 0 Å². The van der Waals surface area contributed by atoms with Gasteiger partial charge in [0, 0.05) is 16.1 Å². The summed E-state index contributed by atoms with van der Waals surface area (Å²) in [5, 5.41) is 10.0. The predicted molar refractivity (Wildman–Crippen MR) is 93.2 cm³/mol. The van der Waals surface area contributed by atoms with Crippen molar-refractivity contribution >= 4 is 21.6 Å². The van der Waals surface area contributed by atoms with Crippen LogP contribution in [-0.4, -0.2) is 13.6 Å². The molecular formula is C17H15ClN2O3S. The van der Waals surface area contributed by atoms with Crippen molar-refractivity contribution < 1.29 is 12.9 Å².